The average molecular weight is 316 g/mol. The highest BCUT2D eigenvalue weighted by Crippen LogP contribution is 2.25. The predicted octanol–water partition coefficient (Wildman–Crippen LogP) is 1.71. The van der Waals surface area contributed by atoms with Crippen LogP contribution in [-0.2, 0) is 10.0 Å². The maximum atomic E-state index is 12.5. The molecular formula is C12H16N2O6S. The second-order valence-corrected chi connectivity index (χ2v) is 6.15. The summed E-state index contributed by atoms with van der Waals surface area (Å²) in [5.41, 5.74) is -1.07. The lowest BCUT2D eigenvalue weighted by Gasteiger charge is -2.20. The van der Waals surface area contributed by atoms with Crippen molar-refractivity contribution in [1.29, 1.82) is 0 Å². The van der Waals surface area contributed by atoms with Crippen molar-refractivity contribution in [2.45, 2.75) is 25.2 Å². The number of nitrogens with zero attached hydrogens (tertiary/aromatic N) is 2. The maximum Gasteiger partial charge on any atom is 0.337 e. The van der Waals surface area contributed by atoms with Crippen molar-refractivity contribution in [2.24, 2.45) is 0 Å². The summed E-state index contributed by atoms with van der Waals surface area (Å²) in [6.07, 6.45) is 0.572. The molecule has 0 aliphatic rings. The van der Waals surface area contributed by atoms with Gasteiger partial charge in [-0.15, -0.1) is 0 Å². The molecule has 0 aliphatic carbocycles. The summed E-state index contributed by atoms with van der Waals surface area (Å²) in [6.45, 7) is 3.87. The van der Waals surface area contributed by atoms with Crippen molar-refractivity contribution in [1.82, 2.24) is 4.31 Å². The lowest BCUT2D eigenvalue weighted by Crippen LogP contribution is -2.32. The number of carbonyl (C=O) groups is 1. The van der Waals surface area contributed by atoms with E-state index in [9.17, 15) is 23.3 Å². The quantitative estimate of drug-likeness (QED) is 0.604. The second kappa shape index (κ2) is 6.64. The standard InChI is InChI=1S/C12H16N2O6S/c1-3-7-13(4-2)21(19,20)11-6-5-9(14(17)18)8-10(11)12(15)16/h5-6,8H,3-4,7H2,1-2H3,(H,15,16). The normalized spacial score (nSPS) is 11.6. The van der Waals surface area contributed by atoms with Crippen LogP contribution in [-0.4, -0.2) is 41.8 Å². The first-order valence-corrected chi connectivity index (χ1v) is 7.71. The van der Waals surface area contributed by atoms with E-state index in [-0.39, 0.29) is 13.1 Å². The number of non-ortho nitro benzene ring substituents is 1. The molecule has 0 aromatic heterocycles. The second-order valence-electron chi connectivity index (χ2n) is 4.24. The Morgan fingerprint density at radius 1 is 1.38 bits per heavy atom. The molecule has 0 aliphatic heterocycles. The van der Waals surface area contributed by atoms with Gasteiger partial charge in [0.05, 0.1) is 15.4 Å². The molecule has 1 aromatic rings. The Balaban J connectivity index is 3.48. The van der Waals surface area contributed by atoms with E-state index in [1.54, 1.807) is 13.8 Å². The molecule has 0 bridgehead atoms. The molecule has 21 heavy (non-hydrogen) atoms. The Morgan fingerprint density at radius 2 is 2.00 bits per heavy atom. The zero-order chi connectivity index (χ0) is 16.2. The number of carboxylic acid groups (broad SMARTS) is 1. The van der Waals surface area contributed by atoms with E-state index in [0.29, 0.717) is 6.42 Å². The lowest BCUT2D eigenvalue weighted by molar-refractivity contribution is -0.384. The van der Waals surface area contributed by atoms with Gasteiger partial charge < -0.3 is 5.11 Å². The first kappa shape index (κ1) is 17.1. The van der Waals surface area contributed by atoms with Gasteiger partial charge >= 0.3 is 5.97 Å². The van der Waals surface area contributed by atoms with Crippen molar-refractivity contribution in [3.8, 4) is 0 Å². The van der Waals surface area contributed by atoms with E-state index in [2.05, 4.69) is 0 Å². The third kappa shape index (κ3) is 3.56. The molecule has 0 radical (unpaired) electrons. The SMILES string of the molecule is CCCN(CC)S(=O)(=O)c1ccc([N+](=O)[O-])cc1C(=O)O. The van der Waals surface area contributed by atoms with Crippen molar-refractivity contribution >= 4 is 21.7 Å². The van der Waals surface area contributed by atoms with Gasteiger partial charge in [-0.1, -0.05) is 13.8 Å². The molecule has 8 nitrogen and oxygen atoms in total. The number of hydrogen-bond donors (Lipinski definition) is 1. The molecule has 0 heterocycles. The molecule has 0 saturated heterocycles. The van der Waals surface area contributed by atoms with Gasteiger partial charge in [-0.05, 0) is 12.5 Å². The largest absolute Gasteiger partial charge is 0.478 e. The molecule has 0 atom stereocenters. The predicted molar refractivity (Wildman–Crippen MR) is 74.8 cm³/mol. The molecule has 1 N–H and O–H groups in total. The zero-order valence-corrected chi connectivity index (χ0v) is 12.5. The number of nitro benzene ring substituents is 1. The number of rotatable bonds is 7. The summed E-state index contributed by atoms with van der Waals surface area (Å²) in [5.74, 6) is -1.52. The minimum Gasteiger partial charge on any atom is -0.478 e. The molecule has 0 saturated carbocycles. The monoisotopic (exact) mass is 316 g/mol. The van der Waals surface area contributed by atoms with Crippen LogP contribution < -0.4 is 0 Å². The van der Waals surface area contributed by atoms with E-state index in [1.807, 2.05) is 0 Å². The first-order valence-electron chi connectivity index (χ1n) is 6.27. The van der Waals surface area contributed by atoms with Crippen LogP contribution in [0.3, 0.4) is 0 Å². The van der Waals surface area contributed by atoms with Crippen molar-refractivity contribution in [3.63, 3.8) is 0 Å². The highest BCUT2D eigenvalue weighted by atomic mass is 32.2. The minimum absolute atomic E-state index is 0.187. The summed E-state index contributed by atoms with van der Waals surface area (Å²) in [7, 11) is -4.00. The average Bonchev–Trinajstić information content (AvgIpc) is 2.43. The first-order chi connectivity index (χ1) is 9.75. The van der Waals surface area contributed by atoms with Crippen molar-refractivity contribution < 1.29 is 23.2 Å². The van der Waals surface area contributed by atoms with Crippen LogP contribution in [0.2, 0.25) is 0 Å². The molecule has 0 spiro atoms. The van der Waals surface area contributed by atoms with E-state index >= 15 is 0 Å². The molecule has 0 fully saturated rings. The molecular weight excluding hydrogens is 300 g/mol. The fourth-order valence-corrected chi connectivity index (χ4v) is 3.57. The number of carboxylic acids is 1. The van der Waals surface area contributed by atoms with Crippen LogP contribution in [0, 0.1) is 10.1 Å². The fraction of sp³-hybridized carbons (Fsp3) is 0.417. The van der Waals surface area contributed by atoms with Crippen LogP contribution in [0.4, 0.5) is 5.69 Å². The smallest absolute Gasteiger partial charge is 0.337 e. The van der Waals surface area contributed by atoms with Crippen LogP contribution in [0.1, 0.15) is 30.6 Å². The highest BCUT2D eigenvalue weighted by molar-refractivity contribution is 7.89. The molecule has 1 rings (SSSR count). The molecule has 0 amide bonds. The fourth-order valence-electron chi connectivity index (χ4n) is 1.86. The van der Waals surface area contributed by atoms with Gasteiger partial charge in [-0.3, -0.25) is 10.1 Å². The Labute approximate surface area is 122 Å². The Morgan fingerprint density at radius 3 is 2.43 bits per heavy atom. The Kier molecular flexibility index (Phi) is 5.39. The zero-order valence-electron chi connectivity index (χ0n) is 11.6. The van der Waals surface area contributed by atoms with E-state index in [4.69, 9.17) is 5.11 Å². The van der Waals surface area contributed by atoms with Gasteiger partial charge in [-0.2, -0.15) is 4.31 Å². The third-order valence-corrected chi connectivity index (χ3v) is 4.88. The van der Waals surface area contributed by atoms with Gasteiger partial charge in [-0.25, -0.2) is 13.2 Å². The molecule has 1 aromatic carbocycles. The summed E-state index contributed by atoms with van der Waals surface area (Å²) < 4.78 is 26.0. The summed E-state index contributed by atoms with van der Waals surface area (Å²) in [4.78, 5) is 20.7. The van der Waals surface area contributed by atoms with Gasteiger partial charge in [0.2, 0.25) is 10.0 Å². The summed E-state index contributed by atoms with van der Waals surface area (Å²) in [6, 6.07) is 2.71. The van der Waals surface area contributed by atoms with Gasteiger partial charge in [0.25, 0.3) is 5.69 Å². The maximum absolute atomic E-state index is 12.5. The van der Waals surface area contributed by atoms with E-state index in [1.165, 1.54) is 0 Å². The van der Waals surface area contributed by atoms with E-state index < -0.39 is 37.1 Å². The Hall–Kier alpha value is -2.00. The number of benzene rings is 1. The number of sulfonamides is 1. The van der Waals surface area contributed by atoms with Gasteiger partial charge in [0, 0.05) is 25.2 Å². The Bertz CT molecular complexity index is 656. The summed E-state index contributed by atoms with van der Waals surface area (Å²) in [5, 5.41) is 19.8. The van der Waals surface area contributed by atoms with Crippen molar-refractivity contribution in [2.75, 3.05) is 13.1 Å². The third-order valence-electron chi connectivity index (χ3n) is 2.85. The van der Waals surface area contributed by atoms with Crippen LogP contribution in [0.25, 0.3) is 0 Å². The molecule has 9 heteroatoms. The number of nitro groups is 1. The topological polar surface area (TPSA) is 118 Å². The van der Waals surface area contributed by atoms with E-state index in [0.717, 1.165) is 22.5 Å². The van der Waals surface area contributed by atoms with Crippen LogP contribution in [0.15, 0.2) is 23.1 Å². The molecule has 0 unspecified atom stereocenters. The minimum atomic E-state index is -4.00. The van der Waals surface area contributed by atoms with Crippen molar-refractivity contribution in [3.05, 3.63) is 33.9 Å². The van der Waals surface area contributed by atoms with Gasteiger partial charge in [0.15, 0.2) is 0 Å². The van der Waals surface area contributed by atoms with Gasteiger partial charge in [0.1, 0.15) is 0 Å². The highest BCUT2D eigenvalue weighted by Gasteiger charge is 2.29. The lowest BCUT2D eigenvalue weighted by atomic mass is 10.2. The van der Waals surface area contributed by atoms with Crippen LogP contribution in [0.5, 0.6) is 0 Å². The van der Waals surface area contributed by atoms with Crippen LogP contribution >= 0.6 is 0 Å². The molecule has 116 valence electrons. The number of hydrogen-bond acceptors (Lipinski definition) is 5. The summed E-state index contributed by atoms with van der Waals surface area (Å²) >= 11 is 0. The number of aromatic carboxylic acids is 1.